The number of anilines is 2. The highest BCUT2D eigenvalue weighted by Crippen LogP contribution is 2.17. The minimum absolute atomic E-state index is 0.0425. The number of hydrogen-bond acceptors (Lipinski definition) is 10. The third-order valence-electron chi connectivity index (χ3n) is 2.55. The van der Waals surface area contributed by atoms with Crippen LogP contribution in [-0.4, -0.2) is 33.5 Å². The molecule has 0 atom stereocenters. The third kappa shape index (κ3) is 3.74. The van der Waals surface area contributed by atoms with E-state index < -0.39 is 11.6 Å². The number of amides is 1. The fraction of sp³-hybridized carbons (Fsp3) is 0.273. The van der Waals surface area contributed by atoms with Crippen LogP contribution in [0.5, 0.6) is 0 Å². The zero-order valence-corrected chi connectivity index (χ0v) is 12.9. The Morgan fingerprint density at radius 1 is 1.35 bits per heavy atom. The Balaban J connectivity index is 2.25. The largest absolute Gasteiger partial charge is 0.382 e. The van der Waals surface area contributed by atoms with Crippen molar-refractivity contribution in [2.45, 2.75) is 19.5 Å². The average molecular weight is 337 g/mol. The van der Waals surface area contributed by atoms with Gasteiger partial charge in [-0.15, -0.1) is 0 Å². The number of carbonyl (C=O) groups excluding carboxylic acids is 1. The molecule has 2 heterocycles. The molecule has 0 aromatic carbocycles. The predicted octanol–water partition coefficient (Wildman–Crippen LogP) is -0.854. The minimum atomic E-state index is -0.792. The van der Waals surface area contributed by atoms with E-state index in [1.165, 1.54) is 0 Å². The molecule has 120 valence electrons. The summed E-state index contributed by atoms with van der Waals surface area (Å²) >= 11 is 5.74. The first-order valence-electron chi connectivity index (χ1n) is 6.23. The van der Waals surface area contributed by atoms with Gasteiger partial charge in [-0.2, -0.15) is 10.3 Å². The molecule has 0 saturated carbocycles. The number of carbonyl (C=O) groups is 1. The number of aromatic nitrogens is 2. The quantitative estimate of drug-likeness (QED) is 0.324. The van der Waals surface area contributed by atoms with E-state index >= 15 is 0 Å². The normalized spacial score (nSPS) is 15.6. The van der Waals surface area contributed by atoms with Crippen molar-refractivity contribution in [3.05, 3.63) is 10.8 Å². The first kappa shape index (κ1) is 16.2. The summed E-state index contributed by atoms with van der Waals surface area (Å²) in [6.45, 7) is 3.45. The standard InChI is InChI=1S/C11H13ClN10O/c1-11(2)21-9(16-3-13)20-10(22-11)19-8(23)4-6(14)18-7(15)5(12)17-4/h1-2H3,(H4,14,15,18)(H3,16,19,20,21,22,23). The van der Waals surface area contributed by atoms with E-state index in [1.54, 1.807) is 20.0 Å². The van der Waals surface area contributed by atoms with Gasteiger partial charge in [-0.25, -0.2) is 15.0 Å². The van der Waals surface area contributed by atoms with E-state index in [0.717, 1.165) is 0 Å². The van der Waals surface area contributed by atoms with E-state index in [-0.39, 0.29) is 34.4 Å². The molecule has 1 amide bonds. The maximum absolute atomic E-state index is 12.2. The predicted molar refractivity (Wildman–Crippen MR) is 84.2 cm³/mol. The molecule has 1 aliphatic rings. The highest BCUT2D eigenvalue weighted by Gasteiger charge is 2.26. The first-order valence-corrected chi connectivity index (χ1v) is 6.61. The van der Waals surface area contributed by atoms with Crippen LogP contribution >= 0.6 is 11.6 Å². The van der Waals surface area contributed by atoms with Gasteiger partial charge in [-0.3, -0.25) is 15.4 Å². The molecule has 2 rings (SSSR count). The Hall–Kier alpha value is -3.13. The molecular weight excluding hydrogens is 324 g/mol. The summed E-state index contributed by atoms with van der Waals surface area (Å²) in [5.41, 5.74) is 10.1. The molecule has 1 aliphatic heterocycles. The van der Waals surface area contributed by atoms with Crippen molar-refractivity contribution >= 4 is 41.1 Å². The number of nitrogens with zero attached hydrogens (tertiary/aromatic N) is 5. The molecule has 0 fully saturated rings. The number of halogens is 1. The van der Waals surface area contributed by atoms with Gasteiger partial charge >= 0.3 is 0 Å². The summed E-state index contributed by atoms with van der Waals surface area (Å²) in [7, 11) is 0. The highest BCUT2D eigenvalue weighted by atomic mass is 35.5. The number of hydrogen-bond donors (Lipinski definition) is 5. The van der Waals surface area contributed by atoms with E-state index in [1.807, 2.05) is 0 Å². The molecule has 0 spiro atoms. The molecule has 23 heavy (non-hydrogen) atoms. The molecule has 0 saturated heterocycles. The second kappa shape index (κ2) is 5.93. The van der Waals surface area contributed by atoms with Gasteiger partial charge in [0.1, 0.15) is 5.66 Å². The van der Waals surface area contributed by atoms with Crippen molar-refractivity contribution in [2.75, 3.05) is 11.5 Å². The van der Waals surface area contributed by atoms with Crippen LogP contribution in [0.25, 0.3) is 0 Å². The summed E-state index contributed by atoms with van der Waals surface area (Å²) in [6, 6.07) is 0. The summed E-state index contributed by atoms with van der Waals surface area (Å²) in [5, 5.41) is 16.1. The van der Waals surface area contributed by atoms with Gasteiger partial charge in [0.15, 0.2) is 28.7 Å². The van der Waals surface area contributed by atoms with Crippen LogP contribution in [0, 0.1) is 11.5 Å². The lowest BCUT2D eigenvalue weighted by atomic mass is 10.2. The Morgan fingerprint density at radius 2 is 2.04 bits per heavy atom. The Kier molecular flexibility index (Phi) is 4.19. The second-order valence-corrected chi connectivity index (χ2v) is 5.26. The van der Waals surface area contributed by atoms with E-state index in [9.17, 15) is 4.79 Å². The molecular formula is C11H13ClN10O. The van der Waals surface area contributed by atoms with Gasteiger partial charge in [0.2, 0.25) is 11.9 Å². The van der Waals surface area contributed by atoms with Crippen LogP contribution in [0.2, 0.25) is 5.15 Å². The van der Waals surface area contributed by atoms with Crippen molar-refractivity contribution < 1.29 is 4.79 Å². The number of nitrogens with one attached hydrogen (secondary N) is 3. The highest BCUT2D eigenvalue weighted by molar-refractivity contribution is 6.31. The van der Waals surface area contributed by atoms with Crippen molar-refractivity contribution in [2.24, 2.45) is 9.98 Å². The number of nitriles is 1. The molecule has 0 unspecified atom stereocenters. The number of nitrogens with two attached hydrogens (primary N) is 2. The fourth-order valence-corrected chi connectivity index (χ4v) is 1.81. The Bertz CT molecular complexity index is 763. The topological polar surface area (TPSA) is 179 Å². The number of aliphatic imine (C=N–C) groups is 2. The second-order valence-electron chi connectivity index (χ2n) is 4.90. The van der Waals surface area contributed by atoms with Gasteiger partial charge in [-0.1, -0.05) is 11.6 Å². The van der Waals surface area contributed by atoms with E-state index in [4.69, 9.17) is 28.3 Å². The SMILES string of the molecule is CC1(C)N=C(NC#N)N=C(NC(=O)c2nc(Cl)c(N)nc2N)N1. The molecule has 0 radical (unpaired) electrons. The van der Waals surface area contributed by atoms with Crippen LogP contribution in [-0.2, 0) is 0 Å². The van der Waals surface area contributed by atoms with E-state index in [0.29, 0.717) is 0 Å². The number of nitrogen functional groups attached to an aromatic ring is 2. The molecule has 12 heteroatoms. The van der Waals surface area contributed by atoms with Crippen LogP contribution in [0.4, 0.5) is 11.6 Å². The lowest BCUT2D eigenvalue weighted by Gasteiger charge is -2.27. The van der Waals surface area contributed by atoms with Crippen molar-refractivity contribution in [3.63, 3.8) is 0 Å². The zero-order chi connectivity index (χ0) is 17.2. The summed E-state index contributed by atoms with van der Waals surface area (Å²) in [5.74, 6) is -0.855. The maximum Gasteiger partial charge on any atom is 0.280 e. The number of guanidine groups is 2. The molecule has 11 nitrogen and oxygen atoms in total. The Labute approximate surface area is 135 Å². The Morgan fingerprint density at radius 3 is 2.70 bits per heavy atom. The maximum atomic E-state index is 12.2. The molecule has 0 bridgehead atoms. The fourth-order valence-electron chi connectivity index (χ4n) is 1.68. The molecule has 1 aromatic rings. The summed E-state index contributed by atoms with van der Waals surface area (Å²) < 4.78 is 0. The molecule has 1 aromatic heterocycles. The van der Waals surface area contributed by atoms with Crippen LogP contribution in [0.15, 0.2) is 9.98 Å². The van der Waals surface area contributed by atoms with Crippen molar-refractivity contribution in [3.8, 4) is 6.19 Å². The summed E-state index contributed by atoms with van der Waals surface area (Å²) in [6.07, 6.45) is 1.70. The van der Waals surface area contributed by atoms with Gasteiger partial charge < -0.3 is 16.8 Å². The molecule has 7 N–H and O–H groups in total. The monoisotopic (exact) mass is 336 g/mol. The lowest BCUT2D eigenvalue weighted by Crippen LogP contribution is -2.54. The van der Waals surface area contributed by atoms with Gasteiger partial charge in [0.05, 0.1) is 0 Å². The molecule has 0 aliphatic carbocycles. The number of rotatable bonds is 1. The summed E-state index contributed by atoms with van der Waals surface area (Å²) in [4.78, 5) is 27.8. The smallest absolute Gasteiger partial charge is 0.280 e. The first-order chi connectivity index (χ1) is 10.7. The lowest BCUT2D eigenvalue weighted by molar-refractivity contribution is 0.0971. The third-order valence-corrected chi connectivity index (χ3v) is 2.83. The van der Waals surface area contributed by atoms with Gasteiger partial charge in [0.25, 0.3) is 5.91 Å². The van der Waals surface area contributed by atoms with E-state index in [2.05, 4.69) is 35.9 Å². The van der Waals surface area contributed by atoms with Crippen LogP contribution < -0.4 is 27.4 Å². The van der Waals surface area contributed by atoms with Crippen molar-refractivity contribution in [1.82, 2.24) is 25.9 Å². The van der Waals surface area contributed by atoms with Crippen LogP contribution in [0.3, 0.4) is 0 Å². The average Bonchev–Trinajstić information content (AvgIpc) is 2.41. The minimum Gasteiger partial charge on any atom is -0.382 e. The van der Waals surface area contributed by atoms with Gasteiger partial charge in [0, 0.05) is 0 Å². The van der Waals surface area contributed by atoms with Crippen LogP contribution in [0.1, 0.15) is 24.3 Å². The van der Waals surface area contributed by atoms with Crippen molar-refractivity contribution in [1.29, 1.82) is 5.26 Å². The zero-order valence-electron chi connectivity index (χ0n) is 12.2. The van der Waals surface area contributed by atoms with Gasteiger partial charge in [-0.05, 0) is 13.8 Å².